The first kappa shape index (κ1) is 17.7. The van der Waals surface area contributed by atoms with Crippen LogP contribution in [0.2, 0.25) is 0 Å². The summed E-state index contributed by atoms with van der Waals surface area (Å²) in [5, 5.41) is 0. The van der Waals surface area contributed by atoms with Crippen molar-refractivity contribution in [2.24, 2.45) is 5.92 Å². The van der Waals surface area contributed by atoms with Crippen molar-refractivity contribution in [2.75, 3.05) is 6.61 Å². The maximum Gasteiger partial charge on any atom is 0.357 e. The summed E-state index contributed by atoms with van der Waals surface area (Å²) in [4.78, 5) is 17.0. The van der Waals surface area contributed by atoms with Crippen LogP contribution in [0, 0.1) is 12.8 Å². The van der Waals surface area contributed by atoms with E-state index < -0.39 is 0 Å². The molecule has 0 fully saturated rings. The fourth-order valence-corrected chi connectivity index (χ4v) is 3.93. The van der Waals surface area contributed by atoms with Crippen molar-refractivity contribution in [2.45, 2.75) is 60.9 Å². The zero-order valence-corrected chi connectivity index (χ0v) is 16.4. The molecule has 25 heavy (non-hydrogen) atoms. The highest BCUT2D eigenvalue weighted by atomic mass is 16.5. The number of pyridine rings is 1. The van der Waals surface area contributed by atoms with Gasteiger partial charge in [0.25, 0.3) is 0 Å². The second kappa shape index (κ2) is 6.32. The summed E-state index contributed by atoms with van der Waals surface area (Å²) >= 11 is 0. The summed E-state index contributed by atoms with van der Waals surface area (Å²) in [6.45, 7) is 15.3. The highest BCUT2D eigenvalue weighted by molar-refractivity contribution is 5.94. The van der Waals surface area contributed by atoms with Crippen LogP contribution in [0.4, 0.5) is 0 Å². The Balaban J connectivity index is 2.31. The Kier molecular flexibility index (Phi) is 4.48. The average Bonchev–Trinajstić information content (AvgIpc) is 2.98. The lowest BCUT2D eigenvalue weighted by Gasteiger charge is -2.23. The quantitative estimate of drug-likeness (QED) is 0.732. The predicted molar refractivity (Wildman–Crippen MR) is 101 cm³/mol. The predicted octanol–water partition coefficient (Wildman–Crippen LogP) is 5.04. The van der Waals surface area contributed by atoms with E-state index in [-0.39, 0.29) is 5.97 Å². The van der Waals surface area contributed by atoms with Crippen molar-refractivity contribution in [3.05, 3.63) is 34.3 Å². The Morgan fingerprint density at radius 1 is 1.32 bits per heavy atom. The minimum Gasteiger partial charge on any atom is -0.461 e. The summed E-state index contributed by atoms with van der Waals surface area (Å²) in [5.41, 5.74) is 8.65. The first-order valence-electron chi connectivity index (χ1n) is 9.17. The Bertz CT molecular complexity index is 842. The van der Waals surface area contributed by atoms with Gasteiger partial charge in [-0.05, 0) is 69.7 Å². The number of aromatic nitrogens is 2. The van der Waals surface area contributed by atoms with Crippen LogP contribution in [0.1, 0.15) is 75.0 Å². The third kappa shape index (κ3) is 2.68. The molecule has 1 atom stereocenters. The lowest BCUT2D eigenvalue weighted by atomic mass is 9.96. The number of nitrogens with zero attached hydrogens (tertiary/aromatic N) is 2. The minimum absolute atomic E-state index is 0.326. The van der Waals surface area contributed by atoms with Gasteiger partial charge < -0.3 is 9.30 Å². The van der Waals surface area contributed by atoms with Gasteiger partial charge in [-0.2, -0.15) is 0 Å². The van der Waals surface area contributed by atoms with Gasteiger partial charge >= 0.3 is 5.97 Å². The molecule has 134 valence electrons. The molecule has 0 N–H and O–H groups in total. The monoisotopic (exact) mass is 340 g/mol. The number of ether oxygens (including phenoxy) is 1. The van der Waals surface area contributed by atoms with Gasteiger partial charge in [0.15, 0.2) is 5.69 Å². The van der Waals surface area contributed by atoms with Crippen LogP contribution >= 0.6 is 0 Å². The summed E-state index contributed by atoms with van der Waals surface area (Å²) in [7, 11) is 0. The molecule has 0 aliphatic carbocycles. The van der Waals surface area contributed by atoms with E-state index in [2.05, 4.69) is 50.2 Å². The average molecular weight is 340 g/mol. The molecule has 3 aliphatic heterocycles. The summed E-state index contributed by atoms with van der Waals surface area (Å²) in [6, 6.07) is 2.48. The Hall–Kier alpha value is -2.10. The Labute approximate surface area is 150 Å². The third-order valence-electron chi connectivity index (χ3n) is 5.39. The smallest absolute Gasteiger partial charge is 0.357 e. The number of hydrogen-bond acceptors (Lipinski definition) is 3. The van der Waals surface area contributed by atoms with Crippen molar-refractivity contribution < 1.29 is 9.53 Å². The van der Waals surface area contributed by atoms with Crippen LogP contribution in [0.25, 0.3) is 16.8 Å². The fourth-order valence-electron chi connectivity index (χ4n) is 3.93. The van der Waals surface area contributed by atoms with Crippen molar-refractivity contribution in [1.82, 2.24) is 9.55 Å². The Morgan fingerprint density at radius 3 is 2.60 bits per heavy atom. The van der Waals surface area contributed by atoms with E-state index in [0.29, 0.717) is 24.3 Å². The molecule has 4 nitrogen and oxygen atoms in total. The van der Waals surface area contributed by atoms with E-state index in [1.54, 1.807) is 0 Å². The van der Waals surface area contributed by atoms with Crippen LogP contribution in [0.15, 0.2) is 11.6 Å². The molecule has 0 amide bonds. The fraction of sp³-hybridized carbons (Fsp3) is 0.524. The van der Waals surface area contributed by atoms with Gasteiger partial charge in [0.05, 0.1) is 18.3 Å². The molecule has 0 radical (unpaired) electrons. The number of allylic oxidation sites excluding steroid dienone is 2. The van der Waals surface area contributed by atoms with Gasteiger partial charge in [0, 0.05) is 17.0 Å². The number of carbonyl (C=O) groups excluding carboxylic acids is 1. The molecule has 4 heteroatoms. The molecule has 1 unspecified atom stereocenters. The Morgan fingerprint density at radius 2 is 2.00 bits per heavy atom. The van der Waals surface area contributed by atoms with Gasteiger partial charge in [-0.3, -0.25) is 0 Å². The molecule has 3 aliphatic rings. The van der Waals surface area contributed by atoms with Crippen molar-refractivity contribution >= 4 is 11.5 Å². The van der Waals surface area contributed by atoms with E-state index in [1.807, 2.05) is 13.8 Å². The molecule has 3 heterocycles. The first-order chi connectivity index (χ1) is 11.8. The molecular formula is C21H28N2O2. The summed E-state index contributed by atoms with van der Waals surface area (Å²) in [6.07, 6.45) is 0.962. The SMILES string of the molecule is CCOC(=O)c1nc2cc3n(c(CC(C)C)c-2c1C)C(C)C(C)=C3C. The zero-order valence-electron chi connectivity index (χ0n) is 16.4. The number of rotatable bonds is 4. The van der Waals surface area contributed by atoms with E-state index in [1.165, 1.54) is 22.5 Å². The van der Waals surface area contributed by atoms with E-state index in [4.69, 9.17) is 4.74 Å². The standard InChI is InChI=1S/C21H28N2O2/c1-8-25-21(24)20-14(6)19-16(22-20)10-17-13(5)12(4)15(7)23(17)18(19)9-11(2)3/h10-11,15H,8-9H2,1-7H3. The van der Waals surface area contributed by atoms with E-state index >= 15 is 0 Å². The molecule has 0 aromatic rings. The van der Waals surface area contributed by atoms with Gasteiger partial charge in [0.2, 0.25) is 0 Å². The first-order valence-corrected chi connectivity index (χ1v) is 9.17. The summed E-state index contributed by atoms with van der Waals surface area (Å²) in [5.74, 6) is 0.198. The lowest BCUT2D eigenvalue weighted by Crippen LogP contribution is -2.15. The molecule has 0 saturated heterocycles. The number of fused-ring (bicyclic) bond motifs is 2. The zero-order chi connectivity index (χ0) is 18.5. The second-order valence-electron chi connectivity index (χ2n) is 7.49. The van der Waals surface area contributed by atoms with Crippen LogP contribution in [-0.2, 0) is 11.2 Å². The molecular weight excluding hydrogens is 312 g/mol. The van der Waals surface area contributed by atoms with Crippen LogP contribution in [-0.4, -0.2) is 22.1 Å². The normalized spacial score (nSPS) is 16.9. The largest absolute Gasteiger partial charge is 0.461 e. The molecule has 0 aromatic carbocycles. The summed E-state index contributed by atoms with van der Waals surface area (Å²) < 4.78 is 7.64. The van der Waals surface area contributed by atoms with Gasteiger partial charge in [-0.15, -0.1) is 0 Å². The maximum absolute atomic E-state index is 12.3. The van der Waals surface area contributed by atoms with Crippen molar-refractivity contribution in [3.8, 4) is 11.3 Å². The van der Waals surface area contributed by atoms with E-state index in [0.717, 1.165) is 23.2 Å². The topological polar surface area (TPSA) is 44.1 Å². The van der Waals surface area contributed by atoms with Crippen molar-refractivity contribution in [3.63, 3.8) is 0 Å². The molecule has 3 rings (SSSR count). The minimum atomic E-state index is -0.326. The third-order valence-corrected chi connectivity index (χ3v) is 5.39. The van der Waals surface area contributed by atoms with Gasteiger partial charge in [-0.25, -0.2) is 9.78 Å². The number of esters is 1. The molecule has 0 spiro atoms. The maximum atomic E-state index is 12.3. The highest BCUT2D eigenvalue weighted by Crippen LogP contribution is 2.43. The number of carbonyl (C=O) groups is 1. The number of hydrogen-bond donors (Lipinski definition) is 0. The van der Waals surface area contributed by atoms with Crippen LogP contribution in [0.5, 0.6) is 0 Å². The van der Waals surface area contributed by atoms with E-state index in [9.17, 15) is 4.79 Å². The molecule has 0 saturated carbocycles. The second-order valence-corrected chi connectivity index (χ2v) is 7.49. The van der Waals surface area contributed by atoms with Crippen LogP contribution < -0.4 is 0 Å². The van der Waals surface area contributed by atoms with Crippen LogP contribution in [0.3, 0.4) is 0 Å². The molecule has 0 bridgehead atoms. The van der Waals surface area contributed by atoms with Gasteiger partial charge in [0.1, 0.15) is 0 Å². The lowest BCUT2D eigenvalue weighted by molar-refractivity contribution is 0.0519. The highest BCUT2D eigenvalue weighted by Gasteiger charge is 2.32. The molecule has 0 aromatic heterocycles. The van der Waals surface area contributed by atoms with Crippen molar-refractivity contribution in [1.29, 1.82) is 0 Å². The van der Waals surface area contributed by atoms with Gasteiger partial charge in [-0.1, -0.05) is 13.8 Å².